The molecule has 2 heteroatoms. The Labute approximate surface area is 61.2 Å². The zero-order valence-electron chi connectivity index (χ0n) is 6.34. The third-order valence-electron chi connectivity index (χ3n) is 2.37. The lowest BCUT2D eigenvalue weighted by Gasteiger charge is -2.03. The Balaban J connectivity index is 2.35. The summed E-state index contributed by atoms with van der Waals surface area (Å²) in [6, 6.07) is 0. The quantitative estimate of drug-likeness (QED) is 0.624. The second-order valence-corrected chi connectivity index (χ2v) is 3.17. The van der Waals surface area contributed by atoms with Crippen molar-refractivity contribution < 1.29 is 9.90 Å². The fourth-order valence-corrected chi connectivity index (χ4v) is 1.61. The molecule has 0 aromatic rings. The Morgan fingerprint density at radius 1 is 1.60 bits per heavy atom. The summed E-state index contributed by atoms with van der Waals surface area (Å²) in [7, 11) is 0. The SMILES string of the molecule is CC(=O)[C@H]1CCC(CO)C1. The van der Waals surface area contributed by atoms with E-state index in [0.29, 0.717) is 5.92 Å². The van der Waals surface area contributed by atoms with Gasteiger partial charge in [0.25, 0.3) is 0 Å². The summed E-state index contributed by atoms with van der Waals surface area (Å²) in [5, 5.41) is 8.75. The zero-order chi connectivity index (χ0) is 7.56. The molecule has 1 rings (SSSR count). The summed E-state index contributed by atoms with van der Waals surface area (Å²) in [5.74, 6) is 0.932. The lowest BCUT2D eigenvalue weighted by atomic mass is 10.0. The molecule has 0 bridgehead atoms. The number of rotatable bonds is 2. The Kier molecular flexibility index (Phi) is 2.44. The third-order valence-corrected chi connectivity index (χ3v) is 2.37. The lowest BCUT2D eigenvalue weighted by molar-refractivity contribution is -0.120. The smallest absolute Gasteiger partial charge is 0.132 e. The molecule has 0 aromatic heterocycles. The van der Waals surface area contributed by atoms with Crippen LogP contribution in [0, 0.1) is 11.8 Å². The minimum atomic E-state index is 0.247. The van der Waals surface area contributed by atoms with Gasteiger partial charge >= 0.3 is 0 Å². The van der Waals surface area contributed by atoms with Gasteiger partial charge in [-0.05, 0) is 32.1 Å². The van der Waals surface area contributed by atoms with Crippen molar-refractivity contribution in [1.29, 1.82) is 0 Å². The van der Waals surface area contributed by atoms with Crippen LogP contribution in [0.15, 0.2) is 0 Å². The summed E-state index contributed by atoms with van der Waals surface area (Å²) in [5.41, 5.74) is 0. The molecule has 1 fully saturated rings. The monoisotopic (exact) mass is 142 g/mol. The van der Waals surface area contributed by atoms with Crippen molar-refractivity contribution in [3.63, 3.8) is 0 Å². The van der Waals surface area contributed by atoms with Crippen molar-refractivity contribution in [2.45, 2.75) is 26.2 Å². The van der Waals surface area contributed by atoms with Crippen LogP contribution in [0.3, 0.4) is 0 Å². The van der Waals surface area contributed by atoms with Crippen LogP contribution >= 0.6 is 0 Å². The highest BCUT2D eigenvalue weighted by Crippen LogP contribution is 2.30. The fraction of sp³-hybridized carbons (Fsp3) is 0.875. The van der Waals surface area contributed by atoms with E-state index in [0.717, 1.165) is 19.3 Å². The van der Waals surface area contributed by atoms with Crippen molar-refractivity contribution in [2.24, 2.45) is 11.8 Å². The predicted octanol–water partition coefficient (Wildman–Crippen LogP) is 0.984. The van der Waals surface area contributed by atoms with Gasteiger partial charge in [0.1, 0.15) is 5.78 Å². The minimum absolute atomic E-state index is 0.247. The second kappa shape index (κ2) is 3.15. The maximum absolute atomic E-state index is 10.8. The van der Waals surface area contributed by atoms with Gasteiger partial charge in [-0.2, -0.15) is 0 Å². The van der Waals surface area contributed by atoms with Gasteiger partial charge in [-0.15, -0.1) is 0 Å². The first-order chi connectivity index (χ1) is 4.74. The van der Waals surface area contributed by atoms with Gasteiger partial charge in [0, 0.05) is 12.5 Å². The molecule has 1 aliphatic carbocycles. The number of aliphatic hydroxyl groups excluding tert-OH is 1. The molecule has 2 atom stereocenters. The van der Waals surface area contributed by atoms with Gasteiger partial charge in [-0.1, -0.05) is 0 Å². The minimum Gasteiger partial charge on any atom is -0.396 e. The predicted molar refractivity (Wildman–Crippen MR) is 38.6 cm³/mol. The Morgan fingerprint density at radius 3 is 2.60 bits per heavy atom. The highest BCUT2D eigenvalue weighted by atomic mass is 16.3. The molecule has 1 aliphatic rings. The van der Waals surface area contributed by atoms with Gasteiger partial charge < -0.3 is 5.11 Å². The lowest BCUT2D eigenvalue weighted by Crippen LogP contribution is -2.07. The summed E-state index contributed by atoms with van der Waals surface area (Å²) in [6.45, 7) is 1.90. The van der Waals surface area contributed by atoms with Gasteiger partial charge in [-0.3, -0.25) is 4.79 Å². The molecule has 1 N–H and O–H groups in total. The van der Waals surface area contributed by atoms with Crippen molar-refractivity contribution in [2.75, 3.05) is 6.61 Å². The standard InChI is InChI=1S/C8H14O2/c1-6(10)8-3-2-7(4-8)5-9/h7-9H,2-5H2,1H3/t7?,8-/m0/s1. The Hall–Kier alpha value is -0.370. The molecule has 2 nitrogen and oxygen atoms in total. The molecule has 1 saturated carbocycles. The van der Waals surface area contributed by atoms with Crippen LogP contribution in [0.4, 0.5) is 0 Å². The fourth-order valence-electron chi connectivity index (χ4n) is 1.61. The summed E-state index contributed by atoms with van der Waals surface area (Å²) in [6.07, 6.45) is 2.92. The maximum atomic E-state index is 10.8. The normalized spacial score (nSPS) is 32.6. The number of hydrogen-bond acceptors (Lipinski definition) is 2. The molecule has 0 heterocycles. The van der Waals surface area contributed by atoms with E-state index < -0.39 is 0 Å². The molecule has 0 saturated heterocycles. The van der Waals surface area contributed by atoms with Gasteiger partial charge in [0.15, 0.2) is 0 Å². The number of hydrogen-bond donors (Lipinski definition) is 1. The van der Waals surface area contributed by atoms with Crippen LogP contribution < -0.4 is 0 Å². The molecule has 10 heavy (non-hydrogen) atoms. The summed E-state index contributed by atoms with van der Waals surface area (Å²) >= 11 is 0. The van der Waals surface area contributed by atoms with Crippen molar-refractivity contribution in [3.05, 3.63) is 0 Å². The summed E-state index contributed by atoms with van der Waals surface area (Å²) < 4.78 is 0. The van der Waals surface area contributed by atoms with E-state index in [1.54, 1.807) is 6.92 Å². The van der Waals surface area contributed by atoms with E-state index >= 15 is 0 Å². The number of Topliss-reactive ketones (excluding diaryl/α,β-unsaturated/α-hetero) is 1. The number of carbonyl (C=O) groups excluding carboxylic acids is 1. The third kappa shape index (κ3) is 1.57. The van der Waals surface area contributed by atoms with E-state index in [9.17, 15) is 4.79 Å². The van der Waals surface area contributed by atoms with Crippen LogP contribution in [0.1, 0.15) is 26.2 Å². The van der Waals surface area contributed by atoms with Crippen molar-refractivity contribution in [3.8, 4) is 0 Å². The first kappa shape index (κ1) is 7.73. The largest absolute Gasteiger partial charge is 0.396 e. The molecule has 0 amide bonds. The van der Waals surface area contributed by atoms with E-state index in [4.69, 9.17) is 5.11 Å². The Bertz CT molecular complexity index is 131. The van der Waals surface area contributed by atoms with Gasteiger partial charge in [-0.25, -0.2) is 0 Å². The molecule has 58 valence electrons. The molecule has 0 radical (unpaired) electrons. The molecule has 0 aliphatic heterocycles. The van der Waals surface area contributed by atoms with Crippen LogP contribution in [-0.4, -0.2) is 17.5 Å². The van der Waals surface area contributed by atoms with Gasteiger partial charge in [0.05, 0.1) is 0 Å². The average molecular weight is 142 g/mol. The molecular weight excluding hydrogens is 128 g/mol. The average Bonchev–Trinajstić information content (AvgIpc) is 2.34. The Morgan fingerprint density at radius 2 is 2.30 bits per heavy atom. The van der Waals surface area contributed by atoms with Crippen LogP contribution in [-0.2, 0) is 4.79 Å². The second-order valence-electron chi connectivity index (χ2n) is 3.17. The van der Waals surface area contributed by atoms with E-state index in [1.165, 1.54) is 0 Å². The van der Waals surface area contributed by atoms with Crippen molar-refractivity contribution >= 4 is 5.78 Å². The van der Waals surface area contributed by atoms with E-state index in [-0.39, 0.29) is 18.3 Å². The van der Waals surface area contributed by atoms with Crippen LogP contribution in [0.2, 0.25) is 0 Å². The molecule has 0 spiro atoms. The first-order valence-electron chi connectivity index (χ1n) is 3.85. The van der Waals surface area contributed by atoms with E-state index in [2.05, 4.69) is 0 Å². The highest BCUT2D eigenvalue weighted by molar-refractivity contribution is 5.78. The molecule has 1 unspecified atom stereocenters. The first-order valence-corrected chi connectivity index (χ1v) is 3.85. The molecule has 0 aromatic carbocycles. The van der Waals surface area contributed by atoms with Crippen LogP contribution in [0.5, 0.6) is 0 Å². The van der Waals surface area contributed by atoms with Crippen LogP contribution in [0.25, 0.3) is 0 Å². The maximum Gasteiger partial charge on any atom is 0.132 e. The number of ketones is 1. The number of aliphatic hydroxyl groups is 1. The van der Waals surface area contributed by atoms with E-state index in [1.807, 2.05) is 0 Å². The number of carbonyl (C=O) groups is 1. The topological polar surface area (TPSA) is 37.3 Å². The van der Waals surface area contributed by atoms with Crippen molar-refractivity contribution in [1.82, 2.24) is 0 Å². The summed E-state index contributed by atoms with van der Waals surface area (Å²) in [4.78, 5) is 10.8. The molecular formula is C8H14O2. The van der Waals surface area contributed by atoms with Gasteiger partial charge in [0.2, 0.25) is 0 Å². The zero-order valence-corrected chi connectivity index (χ0v) is 6.34. The highest BCUT2D eigenvalue weighted by Gasteiger charge is 2.26.